The van der Waals surface area contributed by atoms with Crippen molar-refractivity contribution in [1.82, 2.24) is 15.2 Å². The Morgan fingerprint density at radius 2 is 2.29 bits per heavy atom. The van der Waals surface area contributed by atoms with Gasteiger partial charge in [0, 0.05) is 29.7 Å². The molecule has 1 saturated heterocycles. The predicted molar refractivity (Wildman–Crippen MR) is 88.7 cm³/mol. The van der Waals surface area contributed by atoms with Gasteiger partial charge in [-0.3, -0.25) is 4.98 Å². The highest BCUT2D eigenvalue weighted by Gasteiger charge is 2.16. The SMILES string of the molecule is CN1CCCC(CNCc2ccc(Cl)c3cccnc23)C1. The Morgan fingerprint density at radius 1 is 1.38 bits per heavy atom. The summed E-state index contributed by atoms with van der Waals surface area (Å²) in [6.45, 7) is 4.36. The van der Waals surface area contributed by atoms with E-state index < -0.39 is 0 Å². The molecule has 0 amide bonds. The van der Waals surface area contributed by atoms with E-state index in [-0.39, 0.29) is 0 Å². The molecular formula is C17H22ClN3. The molecule has 1 unspecified atom stereocenters. The van der Waals surface area contributed by atoms with Gasteiger partial charge in [-0.2, -0.15) is 0 Å². The molecule has 1 N–H and O–H groups in total. The van der Waals surface area contributed by atoms with Crippen molar-refractivity contribution >= 4 is 22.5 Å². The Labute approximate surface area is 131 Å². The van der Waals surface area contributed by atoms with E-state index in [9.17, 15) is 0 Å². The largest absolute Gasteiger partial charge is 0.312 e. The van der Waals surface area contributed by atoms with Crippen LogP contribution < -0.4 is 5.32 Å². The first kappa shape index (κ1) is 14.8. The summed E-state index contributed by atoms with van der Waals surface area (Å²) in [5, 5.41) is 5.41. The van der Waals surface area contributed by atoms with Crippen molar-refractivity contribution in [3.63, 3.8) is 0 Å². The smallest absolute Gasteiger partial charge is 0.0761 e. The lowest BCUT2D eigenvalue weighted by atomic mass is 9.98. The van der Waals surface area contributed by atoms with Crippen LogP contribution in [0.5, 0.6) is 0 Å². The normalized spacial score (nSPS) is 20.0. The van der Waals surface area contributed by atoms with Gasteiger partial charge in [-0.15, -0.1) is 0 Å². The van der Waals surface area contributed by atoms with Gasteiger partial charge < -0.3 is 10.2 Å². The number of halogens is 1. The average molecular weight is 304 g/mol. The fourth-order valence-electron chi connectivity index (χ4n) is 3.19. The monoisotopic (exact) mass is 303 g/mol. The van der Waals surface area contributed by atoms with Crippen LogP contribution in [0.4, 0.5) is 0 Å². The van der Waals surface area contributed by atoms with Gasteiger partial charge in [-0.05, 0) is 62.7 Å². The first-order valence-corrected chi connectivity index (χ1v) is 8.03. The predicted octanol–water partition coefficient (Wildman–Crippen LogP) is 3.32. The van der Waals surface area contributed by atoms with Gasteiger partial charge in [0.1, 0.15) is 0 Å². The van der Waals surface area contributed by atoms with Crippen LogP contribution >= 0.6 is 11.6 Å². The molecule has 1 aromatic carbocycles. The molecule has 0 spiro atoms. The lowest BCUT2D eigenvalue weighted by molar-refractivity contribution is 0.206. The number of hydrogen-bond acceptors (Lipinski definition) is 3. The Bertz CT molecular complexity index is 614. The Kier molecular flexibility index (Phi) is 4.73. The highest BCUT2D eigenvalue weighted by molar-refractivity contribution is 6.35. The molecule has 112 valence electrons. The van der Waals surface area contributed by atoms with E-state index in [0.717, 1.165) is 34.9 Å². The van der Waals surface area contributed by atoms with Crippen molar-refractivity contribution in [2.45, 2.75) is 19.4 Å². The van der Waals surface area contributed by atoms with Gasteiger partial charge in [0.2, 0.25) is 0 Å². The number of hydrogen-bond donors (Lipinski definition) is 1. The number of benzene rings is 1. The number of fused-ring (bicyclic) bond motifs is 1. The minimum Gasteiger partial charge on any atom is -0.312 e. The lowest BCUT2D eigenvalue weighted by Crippen LogP contribution is -2.37. The summed E-state index contributed by atoms with van der Waals surface area (Å²) in [6, 6.07) is 8.02. The summed E-state index contributed by atoms with van der Waals surface area (Å²) < 4.78 is 0. The number of piperidine rings is 1. The Balaban J connectivity index is 1.64. The van der Waals surface area contributed by atoms with E-state index >= 15 is 0 Å². The van der Waals surface area contributed by atoms with E-state index in [1.807, 2.05) is 24.4 Å². The van der Waals surface area contributed by atoms with E-state index in [2.05, 4.69) is 28.3 Å². The first-order chi connectivity index (χ1) is 10.2. The number of likely N-dealkylation sites (tertiary alicyclic amines) is 1. The van der Waals surface area contributed by atoms with Gasteiger partial charge in [0.05, 0.1) is 5.52 Å². The third-order valence-electron chi connectivity index (χ3n) is 4.27. The standard InChI is InChI=1S/C17H22ClN3/c1-21-9-3-4-13(12-21)10-19-11-14-6-7-16(18)15-5-2-8-20-17(14)15/h2,5-8,13,19H,3-4,9-12H2,1H3. The summed E-state index contributed by atoms with van der Waals surface area (Å²) in [5.74, 6) is 0.760. The van der Waals surface area contributed by atoms with Crippen LogP contribution in [-0.4, -0.2) is 36.6 Å². The van der Waals surface area contributed by atoms with Crippen LogP contribution in [0.15, 0.2) is 30.5 Å². The quantitative estimate of drug-likeness (QED) is 0.939. The maximum atomic E-state index is 6.23. The second kappa shape index (κ2) is 6.73. The van der Waals surface area contributed by atoms with Crippen molar-refractivity contribution in [2.24, 2.45) is 5.92 Å². The zero-order valence-electron chi connectivity index (χ0n) is 12.5. The summed E-state index contributed by atoms with van der Waals surface area (Å²) in [6.07, 6.45) is 4.48. The molecule has 1 aliphatic heterocycles. The van der Waals surface area contributed by atoms with Gasteiger partial charge in [0.15, 0.2) is 0 Å². The molecule has 1 aliphatic rings. The summed E-state index contributed by atoms with van der Waals surface area (Å²) in [5.41, 5.74) is 2.23. The molecule has 2 heterocycles. The number of rotatable bonds is 4. The molecule has 21 heavy (non-hydrogen) atoms. The summed E-state index contributed by atoms with van der Waals surface area (Å²) in [7, 11) is 2.21. The molecule has 0 aliphatic carbocycles. The highest BCUT2D eigenvalue weighted by atomic mass is 35.5. The maximum Gasteiger partial charge on any atom is 0.0761 e. The van der Waals surface area contributed by atoms with Crippen LogP contribution in [0.1, 0.15) is 18.4 Å². The molecule has 3 nitrogen and oxygen atoms in total. The molecule has 2 aromatic rings. The Hall–Kier alpha value is -1.16. The summed E-state index contributed by atoms with van der Waals surface area (Å²) >= 11 is 6.23. The molecule has 0 saturated carbocycles. The van der Waals surface area contributed by atoms with Crippen molar-refractivity contribution in [2.75, 3.05) is 26.7 Å². The van der Waals surface area contributed by atoms with Crippen LogP contribution in [0, 0.1) is 5.92 Å². The van der Waals surface area contributed by atoms with E-state index in [1.165, 1.54) is 31.5 Å². The van der Waals surface area contributed by atoms with E-state index in [4.69, 9.17) is 11.6 Å². The minimum absolute atomic E-state index is 0.760. The molecule has 1 atom stereocenters. The van der Waals surface area contributed by atoms with Crippen molar-refractivity contribution < 1.29 is 0 Å². The van der Waals surface area contributed by atoms with Crippen molar-refractivity contribution in [3.05, 3.63) is 41.0 Å². The third kappa shape index (κ3) is 3.54. The number of pyridine rings is 1. The highest BCUT2D eigenvalue weighted by Crippen LogP contribution is 2.24. The number of nitrogens with zero attached hydrogens (tertiary/aromatic N) is 2. The second-order valence-electron chi connectivity index (χ2n) is 6.01. The molecule has 0 bridgehead atoms. The molecule has 1 aromatic heterocycles. The van der Waals surface area contributed by atoms with Crippen LogP contribution in [0.25, 0.3) is 10.9 Å². The third-order valence-corrected chi connectivity index (χ3v) is 4.60. The molecule has 4 heteroatoms. The zero-order chi connectivity index (χ0) is 14.7. The average Bonchev–Trinajstić information content (AvgIpc) is 2.50. The van der Waals surface area contributed by atoms with E-state index in [1.54, 1.807) is 0 Å². The van der Waals surface area contributed by atoms with Gasteiger partial charge in [-0.25, -0.2) is 0 Å². The van der Waals surface area contributed by atoms with Gasteiger partial charge in [0.25, 0.3) is 0 Å². The number of aromatic nitrogens is 1. The van der Waals surface area contributed by atoms with Crippen molar-refractivity contribution in [3.8, 4) is 0 Å². The second-order valence-corrected chi connectivity index (χ2v) is 6.41. The van der Waals surface area contributed by atoms with Crippen LogP contribution in [-0.2, 0) is 6.54 Å². The first-order valence-electron chi connectivity index (χ1n) is 7.65. The fraction of sp³-hybridized carbons (Fsp3) is 0.471. The van der Waals surface area contributed by atoms with E-state index in [0.29, 0.717) is 0 Å². The van der Waals surface area contributed by atoms with Crippen LogP contribution in [0.3, 0.4) is 0 Å². The maximum absolute atomic E-state index is 6.23. The van der Waals surface area contributed by atoms with Crippen LogP contribution in [0.2, 0.25) is 5.02 Å². The number of nitrogens with one attached hydrogen (secondary N) is 1. The minimum atomic E-state index is 0.760. The Morgan fingerprint density at radius 3 is 3.14 bits per heavy atom. The summed E-state index contributed by atoms with van der Waals surface area (Å²) in [4.78, 5) is 6.91. The molecule has 3 rings (SSSR count). The van der Waals surface area contributed by atoms with Gasteiger partial charge >= 0.3 is 0 Å². The lowest BCUT2D eigenvalue weighted by Gasteiger charge is -2.29. The van der Waals surface area contributed by atoms with Gasteiger partial charge in [-0.1, -0.05) is 17.7 Å². The molecule has 0 radical (unpaired) electrons. The topological polar surface area (TPSA) is 28.2 Å². The molecular weight excluding hydrogens is 282 g/mol. The zero-order valence-corrected chi connectivity index (χ0v) is 13.2. The van der Waals surface area contributed by atoms with Crippen molar-refractivity contribution in [1.29, 1.82) is 0 Å². The fourth-order valence-corrected chi connectivity index (χ4v) is 3.41. The molecule has 1 fully saturated rings.